The Balaban J connectivity index is 1.60. The van der Waals surface area contributed by atoms with Gasteiger partial charge in [0.25, 0.3) is 0 Å². The molecule has 0 radical (unpaired) electrons. The van der Waals surface area contributed by atoms with Gasteiger partial charge in [0.1, 0.15) is 48.8 Å². The lowest BCUT2D eigenvalue weighted by Gasteiger charge is -2.46. The van der Waals surface area contributed by atoms with Gasteiger partial charge in [0.15, 0.2) is 12.6 Å². The van der Waals surface area contributed by atoms with Crippen LogP contribution in [-0.4, -0.2) is 140 Å². The van der Waals surface area contributed by atoms with E-state index in [9.17, 15) is 45.6 Å². The second-order valence-corrected chi connectivity index (χ2v) is 25.7. The summed E-state index contributed by atoms with van der Waals surface area (Å²) in [6, 6.07) is -0.919. The fraction of sp³-hybridized carbons (Fsp3) is 0.779. The highest BCUT2D eigenvalue weighted by Gasteiger charge is 2.51. The zero-order valence-corrected chi connectivity index (χ0v) is 57.3. The Bertz CT molecular complexity index is 1900. The lowest BCUT2D eigenvalue weighted by Crippen LogP contribution is -2.65. The van der Waals surface area contributed by atoms with Crippen LogP contribution in [0.5, 0.6) is 0 Å². The molecule has 12 atom stereocenters. The largest absolute Gasteiger partial charge is 0.394 e. The van der Waals surface area contributed by atoms with E-state index in [0.717, 1.165) is 83.5 Å². The number of allylic oxidation sites excluding steroid dienone is 15. The number of carbonyl (C=O) groups is 1. The van der Waals surface area contributed by atoms with Crippen LogP contribution in [0.25, 0.3) is 0 Å². The number of amides is 1. The van der Waals surface area contributed by atoms with E-state index in [2.05, 4.69) is 104 Å². The minimum atomic E-state index is -1.79. The van der Waals surface area contributed by atoms with Crippen LogP contribution in [0.15, 0.2) is 97.2 Å². The quantitative estimate of drug-likeness (QED) is 0.0204. The van der Waals surface area contributed by atoms with Crippen molar-refractivity contribution in [2.45, 2.75) is 364 Å². The zero-order chi connectivity index (χ0) is 65.9. The predicted molar refractivity (Wildman–Crippen MR) is 373 cm³/mol. The third kappa shape index (κ3) is 44.3. The third-order valence-electron chi connectivity index (χ3n) is 17.5. The first-order valence-corrected chi connectivity index (χ1v) is 37.0. The van der Waals surface area contributed by atoms with Gasteiger partial charge < -0.3 is 65.1 Å². The summed E-state index contributed by atoms with van der Waals surface area (Å²) in [4.78, 5) is 13.3. The highest BCUT2D eigenvalue weighted by molar-refractivity contribution is 5.76. The maximum atomic E-state index is 13.3. The van der Waals surface area contributed by atoms with Crippen LogP contribution < -0.4 is 5.32 Å². The summed E-state index contributed by atoms with van der Waals surface area (Å²) in [6.07, 6.45) is 69.0. The minimum Gasteiger partial charge on any atom is -0.394 e. The van der Waals surface area contributed by atoms with Crippen molar-refractivity contribution in [2.75, 3.05) is 19.8 Å². The Morgan fingerprint density at radius 1 is 0.407 bits per heavy atom. The Morgan fingerprint density at radius 3 is 1.16 bits per heavy atom. The average molecular weight is 1280 g/mol. The number of carbonyl (C=O) groups excluding carboxylic acids is 1. The maximum absolute atomic E-state index is 13.3. The smallest absolute Gasteiger partial charge is 0.220 e. The Morgan fingerprint density at radius 2 is 0.758 bits per heavy atom. The molecule has 0 spiro atoms. The number of nitrogens with one attached hydrogen (secondary N) is 1. The second-order valence-electron chi connectivity index (χ2n) is 25.7. The Kier molecular flexibility index (Phi) is 55.9. The molecule has 14 heteroatoms. The van der Waals surface area contributed by atoms with Crippen LogP contribution >= 0.6 is 0 Å². The molecular formula is C77H135NO13. The van der Waals surface area contributed by atoms with Crippen molar-refractivity contribution in [3.05, 3.63) is 97.2 Å². The number of ether oxygens (including phenoxy) is 4. The van der Waals surface area contributed by atoms with E-state index < -0.39 is 86.8 Å². The van der Waals surface area contributed by atoms with Crippen LogP contribution in [0.1, 0.15) is 290 Å². The number of hydrogen-bond donors (Lipinski definition) is 9. The molecule has 2 aliphatic heterocycles. The number of unbranched alkanes of at least 4 members (excludes halogenated alkanes) is 33. The molecule has 0 aromatic rings. The topological polar surface area (TPSA) is 228 Å². The van der Waals surface area contributed by atoms with Gasteiger partial charge in [-0.3, -0.25) is 4.79 Å². The summed E-state index contributed by atoms with van der Waals surface area (Å²) in [5.41, 5.74) is 0. The monoisotopic (exact) mass is 1280 g/mol. The van der Waals surface area contributed by atoms with Crippen molar-refractivity contribution >= 4 is 5.91 Å². The molecule has 0 aliphatic carbocycles. The van der Waals surface area contributed by atoms with Crippen LogP contribution in [0.4, 0.5) is 0 Å². The molecule has 0 bridgehead atoms. The van der Waals surface area contributed by atoms with Gasteiger partial charge in [-0.2, -0.15) is 0 Å². The molecule has 91 heavy (non-hydrogen) atoms. The Labute approximate surface area is 553 Å². The van der Waals surface area contributed by atoms with E-state index in [1.807, 2.05) is 6.08 Å². The summed E-state index contributed by atoms with van der Waals surface area (Å²) in [7, 11) is 0. The summed E-state index contributed by atoms with van der Waals surface area (Å²) < 4.78 is 22.9. The lowest BCUT2D eigenvalue weighted by molar-refractivity contribution is -0.359. The van der Waals surface area contributed by atoms with E-state index in [1.54, 1.807) is 6.08 Å². The third-order valence-corrected chi connectivity index (χ3v) is 17.5. The number of aliphatic hydroxyl groups is 8. The molecule has 12 unspecified atom stereocenters. The maximum Gasteiger partial charge on any atom is 0.220 e. The molecule has 526 valence electrons. The number of rotatable bonds is 60. The standard InChI is InChI=1S/C77H135NO13/c1-3-5-7-9-11-13-15-17-19-21-23-24-25-26-27-28-29-30-31-32-33-34-35-36-37-38-39-40-41-42-43-45-47-49-51-53-55-57-59-61-69(82)78-65(66(81)60-58-56-54-52-50-48-46-44-22-20-18-16-14-12-10-8-6-4-2)64-88-76-74(87)72(85)75(68(63-80)90-76)91-77-73(86)71(84)70(83)67(62-79)89-77/h5,7,11,13,17,19,23-24,26-27,29-30,32-33,58,60,65-68,70-77,79-81,83-87H,3-4,6,8-10,12,14-16,18,20-22,25,28,31,34-57,59,61-64H2,1-2H3,(H,78,82)/b7-5-,13-11-,19-17-,24-23-,27-26-,30-29-,33-32-,60-58+. The van der Waals surface area contributed by atoms with Gasteiger partial charge in [-0.15, -0.1) is 0 Å². The molecule has 0 aromatic heterocycles. The summed E-state index contributed by atoms with van der Waals surface area (Å²) in [6.45, 7) is 2.71. The van der Waals surface area contributed by atoms with Crippen molar-refractivity contribution in [1.29, 1.82) is 0 Å². The SMILES string of the molecule is CC/C=C\C/C=C\C/C=C\C/C=C\C/C=C\C/C=C\C/C=C\CCCCCCCCCCCCCCCCCCCC(=O)NC(COC1OC(CO)C(OC2OC(CO)C(O)C(O)C2O)C(O)C1O)C(O)/C=C/CCCCCCCCCCCCCCCCCC. The van der Waals surface area contributed by atoms with Gasteiger partial charge in [-0.25, -0.2) is 0 Å². The van der Waals surface area contributed by atoms with Gasteiger partial charge in [-0.1, -0.05) is 304 Å². The molecule has 9 N–H and O–H groups in total. The summed E-state index contributed by atoms with van der Waals surface area (Å²) in [5, 5.41) is 87.5. The molecule has 2 heterocycles. The van der Waals surface area contributed by atoms with E-state index in [1.165, 1.54) is 180 Å². The van der Waals surface area contributed by atoms with Gasteiger partial charge >= 0.3 is 0 Å². The molecule has 0 saturated carbocycles. The van der Waals surface area contributed by atoms with Crippen molar-refractivity contribution in [3.63, 3.8) is 0 Å². The van der Waals surface area contributed by atoms with Gasteiger partial charge in [0, 0.05) is 6.42 Å². The summed E-state index contributed by atoms with van der Waals surface area (Å²) in [5.74, 6) is -0.238. The van der Waals surface area contributed by atoms with E-state index >= 15 is 0 Å². The highest BCUT2D eigenvalue weighted by Crippen LogP contribution is 2.30. The van der Waals surface area contributed by atoms with Gasteiger partial charge in [0.2, 0.25) is 5.91 Å². The predicted octanol–water partition coefficient (Wildman–Crippen LogP) is 15.7. The minimum absolute atomic E-state index is 0.238. The second kappa shape index (κ2) is 60.6. The van der Waals surface area contributed by atoms with Crippen LogP contribution in [-0.2, 0) is 23.7 Å². The molecule has 2 saturated heterocycles. The van der Waals surface area contributed by atoms with Crippen LogP contribution in [0, 0.1) is 0 Å². The van der Waals surface area contributed by atoms with Crippen LogP contribution in [0.3, 0.4) is 0 Å². The first kappa shape index (κ1) is 84.0. The van der Waals surface area contributed by atoms with Crippen molar-refractivity contribution in [3.8, 4) is 0 Å². The van der Waals surface area contributed by atoms with Crippen molar-refractivity contribution in [2.24, 2.45) is 0 Å². The van der Waals surface area contributed by atoms with E-state index in [4.69, 9.17) is 18.9 Å². The summed E-state index contributed by atoms with van der Waals surface area (Å²) >= 11 is 0. The van der Waals surface area contributed by atoms with Crippen molar-refractivity contribution in [1.82, 2.24) is 5.32 Å². The number of aliphatic hydroxyl groups excluding tert-OH is 8. The molecule has 2 aliphatic rings. The molecule has 14 nitrogen and oxygen atoms in total. The molecule has 0 aromatic carbocycles. The highest BCUT2D eigenvalue weighted by atomic mass is 16.7. The first-order valence-electron chi connectivity index (χ1n) is 37.0. The zero-order valence-electron chi connectivity index (χ0n) is 57.3. The molecule has 1 amide bonds. The van der Waals surface area contributed by atoms with E-state index in [-0.39, 0.29) is 18.9 Å². The normalized spacial score (nSPS) is 23.4. The molecule has 2 rings (SSSR count). The Hall–Kier alpha value is -3.09. The molecular weight excluding hydrogens is 1150 g/mol. The first-order chi connectivity index (χ1) is 44.6. The molecule has 2 fully saturated rings. The van der Waals surface area contributed by atoms with Crippen molar-refractivity contribution < 1.29 is 64.6 Å². The lowest BCUT2D eigenvalue weighted by atomic mass is 9.97. The fourth-order valence-corrected chi connectivity index (χ4v) is 11.7. The fourth-order valence-electron chi connectivity index (χ4n) is 11.7. The number of hydrogen-bond acceptors (Lipinski definition) is 13. The van der Waals surface area contributed by atoms with Gasteiger partial charge in [-0.05, 0) is 77.0 Å². The van der Waals surface area contributed by atoms with Crippen LogP contribution in [0.2, 0.25) is 0 Å². The van der Waals surface area contributed by atoms with E-state index in [0.29, 0.717) is 6.42 Å². The van der Waals surface area contributed by atoms with Gasteiger partial charge in [0.05, 0.1) is 32.0 Å². The average Bonchev–Trinajstić information content (AvgIpc) is 1.19.